The van der Waals surface area contributed by atoms with Crippen molar-refractivity contribution in [2.45, 2.75) is 31.3 Å². The molecule has 0 unspecified atom stereocenters. The molecule has 0 bridgehead atoms. The largest absolute Gasteiger partial charge is 0.376 e. The number of thiophene rings is 1. The Kier molecular flexibility index (Phi) is 6.41. The third-order valence-corrected chi connectivity index (χ3v) is 7.40. The standard InChI is InChI=1S/C23H24N2O4S2/c1-16-5-9-19(10-6-16)25-31(27,28)21-11-12-30-22(21)23(26)24-20-4-2-3-18(13-20)15-29-14-17-7-8-17/h2-6,9-13,17,25H,7-8,14-15H2,1H3,(H,24,26). The van der Waals surface area contributed by atoms with Crippen LogP contribution in [0.1, 0.15) is 33.6 Å². The van der Waals surface area contributed by atoms with Crippen LogP contribution in [0.2, 0.25) is 0 Å². The number of amides is 1. The summed E-state index contributed by atoms with van der Waals surface area (Å²) in [4.78, 5) is 12.9. The number of nitrogens with one attached hydrogen (secondary N) is 2. The number of benzene rings is 2. The first-order valence-corrected chi connectivity index (χ1v) is 12.4. The molecule has 6 nitrogen and oxygen atoms in total. The molecule has 4 rings (SSSR count). The molecule has 0 saturated heterocycles. The van der Waals surface area contributed by atoms with Crippen LogP contribution in [0, 0.1) is 12.8 Å². The average Bonchev–Trinajstić information content (AvgIpc) is 3.41. The first-order chi connectivity index (χ1) is 14.9. The van der Waals surface area contributed by atoms with Gasteiger partial charge in [0.1, 0.15) is 9.77 Å². The summed E-state index contributed by atoms with van der Waals surface area (Å²) in [6.07, 6.45) is 2.47. The van der Waals surface area contributed by atoms with Crippen molar-refractivity contribution in [2.24, 2.45) is 5.92 Å². The lowest BCUT2D eigenvalue weighted by Gasteiger charge is -2.10. The number of aryl methyl sites for hydroxylation is 1. The van der Waals surface area contributed by atoms with Gasteiger partial charge in [-0.1, -0.05) is 29.8 Å². The van der Waals surface area contributed by atoms with Crippen LogP contribution >= 0.6 is 11.3 Å². The number of ether oxygens (including phenoxy) is 1. The van der Waals surface area contributed by atoms with Gasteiger partial charge in [0.25, 0.3) is 15.9 Å². The summed E-state index contributed by atoms with van der Waals surface area (Å²) in [5.41, 5.74) is 3.03. The van der Waals surface area contributed by atoms with Crippen LogP contribution in [0.4, 0.5) is 11.4 Å². The van der Waals surface area contributed by atoms with Gasteiger partial charge in [-0.25, -0.2) is 8.42 Å². The third-order valence-electron chi connectivity index (χ3n) is 4.93. The van der Waals surface area contributed by atoms with Crippen molar-refractivity contribution in [3.05, 3.63) is 76.0 Å². The predicted octanol–water partition coefficient (Wildman–Crippen LogP) is 5.04. The minimum Gasteiger partial charge on any atom is -0.376 e. The second-order valence-corrected chi connectivity index (χ2v) is 10.3. The van der Waals surface area contributed by atoms with Gasteiger partial charge in [-0.15, -0.1) is 11.3 Å². The number of rotatable bonds is 9. The van der Waals surface area contributed by atoms with E-state index in [2.05, 4.69) is 10.0 Å². The molecule has 1 fully saturated rings. The Morgan fingerprint density at radius 3 is 2.61 bits per heavy atom. The van der Waals surface area contributed by atoms with E-state index in [9.17, 15) is 13.2 Å². The van der Waals surface area contributed by atoms with Crippen LogP contribution in [0.5, 0.6) is 0 Å². The molecular weight excluding hydrogens is 432 g/mol. The van der Waals surface area contributed by atoms with Gasteiger partial charge in [-0.3, -0.25) is 9.52 Å². The van der Waals surface area contributed by atoms with Gasteiger partial charge in [-0.2, -0.15) is 0 Å². The summed E-state index contributed by atoms with van der Waals surface area (Å²) < 4.78 is 34.0. The molecule has 1 heterocycles. The van der Waals surface area contributed by atoms with Crippen LogP contribution in [-0.4, -0.2) is 20.9 Å². The summed E-state index contributed by atoms with van der Waals surface area (Å²) >= 11 is 1.09. The molecule has 0 aliphatic heterocycles. The second kappa shape index (κ2) is 9.21. The normalized spacial score (nSPS) is 13.7. The van der Waals surface area contributed by atoms with E-state index >= 15 is 0 Å². The van der Waals surface area contributed by atoms with Gasteiger partial charge in [0.2, 0.25) is 0 Å². The smallest absolute Gasteiger partial charge is 0.267 e. The number of hydrogen-bond donors (Lipinski definition) is 2. The Morgan fingerprint density at radius 2 is 1.87 bits per heavy atom. The van der Waals surface area contributed by atoms with E-state index in [1.807, 2.05) is 37.3 Å². The minimum atomic E-state index is -3.89. The molecule has 8 heteroatoms. The lowest BCUT2D eigenvalue weighted by molar-refractivity contribution is 0.102. The van der Waals surface area contributed by atoms with Crippen LogP contribution in [0.25, 0.3) is 0 Å². The molecule has 2 N–H and O–H groups in total. The number of carbonyl (C=O) groups excluding carboxylic acids is 1. The molecule has 31 heavy (non-hydrogen) atoms. The van der Waals surface area contributed by atoms with Crippen molar-refractivity contribution in [3.63, 3.8) is 0 Å². The predicted molar refractivity (Wildman–Crippen MR) is 123 cm³/mol. The molecule has 162 valence electrons. The molecule has 0 spiro atoms. The highest BCUT2D eigenvalue weighted by Gasteiger charge is 2.24. The van der Waals surface area contributed by atoms with E-state index in [0.29, 0.717) is 23.9 Å². The van der Waals surface area contributed by atoms with Gasteiger partial charge in [-0.05, 0) is 67.0 Å². The molecule has 1 amide bonds. The summed E-state index contributed by atoms with van der Waals surface area (Å²) in [5.74, 6) is 0.228. The Hall–Kier alpha value is -2.68. The van der Waals surface area contributed by atoms with Gasteiger partial charge >= 0.3 is 0 Å². The highest BCUT2D eigenvalue weighted by Crippen LogP contribution is 2.29. The van der Waals surface area contributed by atoms with Gasteiger partial charge in [0.15, 0.2) is 0 Å². The molecule has 3 aromatic rings. The first-order valence-electron chi connectivity index (χ1n) is 10.1. The maximum Gasteiger partial charge on any atom is 0.267 e. The highest BCUT2D eigenvalue weighted by atomic mass is 32.2. The number of carbonyl (C=O) groups is 1. The number of hydrogen-bond acceptors (Lipinski definition) is 5. The second-order valence-electron chi connectivity index (χ2n) is 7.70. The quantitative estimate of drug-likeness (QED) is 0.473. The van der Waals surface area contributed by atoms with E-state index in [1.165, 1.54) is 18.9 Å². The topological polar surface area (TPSA) is 84.5 Å². The maximum atomic E-state index is 12.9. The van der Waals surface area contributed by atoms with Crippen molar-refractivity contribution in [2.75, 3.05) is 16.6 Å². The van der Waals surface area contributed by atoms with E-state index in [4.69, 9.17) is 4.74 Å². The van der Waals surface area contributed by atoms with E-state index in [1.54, 1.807) is 23.6 Å². The number of anilines is 2. The van der Waals surface area contributed by atoms with E-state index in [0.717, 1.165) is 29.1 Å². The van der Waals surface area contributed by atoms with Crippen LogP contribution in [0.15, 0.2) is 64.9 Å². The van der Waals surface area contributed by atoms with Gasteiger partial charge < -0.3 is 10.1 Å². The Labute approximate surface area is 186 Å². The summed E-state index contributed by atoms with van der Waals surface area (Å²) in [7, 11) is -3.89. The zero-order valence-electron chi connectivity index (χ0n) is 17.1. The first kappa shape index (κ1) is 21.5. The van der Waals surface area contributed by atoms with Gasteiger partial charge in [0, 0.05) is 18.0 Å². The average molecular weight is 457 g/mol. The Morgan fingerprint density at radius 1 is 1.10 bits per heavy atom. The molecule has 1 aromatic heterocycles. The maximum absolute atomic E-state index is 12.9. The molecule has 0 radical (unpaired) electrons. The zero-order valence-corrected chi connectivity index (χ0v) is 18.8. The SMILES string of the molecule is Cc1ccc(NS(=O)(=O)c2ccsc2C(=O)Nc2cccc(COCC3CC3)c2)cc1. The van der Waals surface area contributed by atoms with Crippen molar-refractivity contribution in [3.8, 4) is 0 Å². The van der Waals surface area contributed by atoms with Crippen molar-refractivity contribution >= 4 is 38.6 Å². The fourth-order valence-corrected chi connectivity index (χ4v) is 5.44. The monoisotopic (exact) mass is 456 g/mol. The van der Waals surface area contributed by atoms with Gasteiger partial charge in [0.05, 0.1) is 6.61 Å². The zero-order chi connectivity index (χ0) is 21.8. The summed E-state index contributed by atoms with van der Waals surface area (Å²) in [6, 6.07) is 15.9. The highest BCUT2D eigenvalue weighted by molar-refractivity contribution is 7.93. The summed E-state index contributed by atoms with van der Waals surface area (Å²) in [6.45, 7) is 3.17. The third kappa shape index (κ3) is 5.72. The fraction of sp³-hybridized carbons (Fsp3) is 0.261. The van der Waals surface area contributed by atoms with Crippen molar-refractivity contribution < 1.29 is 17.9 Å². The molecule has 1 aliphatic carbocycles. The van der Waals surface area contributed by atoms with E-state index in [-0.39, 0.29) is 9.77 Å². The van der Waals surface area contributed by atoms with E-state index < -0.39 is 15.9 Å². The summed E-state index contributed by atoms with van der Waals surface area (Å²) in [5, 5.41) is 4.40. The van der Waals surface area contributed by atoms with Crippen molar-refractivity contribution in [1.82, 2.24) is 0 Å². The van der Waals surface area contributed by atoms with Crippen LogP contribution in [-0.2, 0) is 21.4 Å². The molecular formula is C23H24N2O4S2. The fourth-order valence-electron chi connectivity index (χ4n) is 3.06. The minimum absolute atomic E-state index is 0.0421. The molecule has 1 aliphatic rings. The van der Waals surface area contributed by atoms with Crippen molar-refractivity contribution in [1.29, 1.82) is 0 Å². The lowest BCUT2D eigenvalue weighted by atomic mass is 10.2. The molecule has 2 aromatic carbocycles. The number of sulfonamides is 1. The van der Waals surface area contributed by atoms with Crippen LogP contribution < -0.4 is 10.0 Å². The van der Waals surface area contributed by atoms with Crippen LogP contribution in [0.3, 0.4) is 0 Å². The molecule has 0 atom stereocenters. The Balaban J connectivity index is 1.45. The molecule has 1 saturated carbocycles. The Bertz CT molecular complexity index is 1170. The lowest BCUT2D eigenvalue weighted by Crippen LogP contribution is -2.18.